The van der Waals surface area contributed by atoms with Crippen LogP contribution in [-0.4, -0.2) is 5.92 Å². The fourth-order valence-electron chi connectivity index (χ4n) is 13.0. The monoisotopic (exact) mass is 1040 g/mol. The fourth-order valence-corrected chi connectivity index (χ4v) is 44.2. The first kappa shape index (κ1) is 45.5. The molecule has 0 fully saturated rings. The number of rotatable bonds is 11. The third kappa shape index (κ3) is 7.07. The Hall–Kier alpha value is -5.60. The van der Waals surface area contributed by atoms with Gasteiger partial charge in [-0.2, -0.15) is 0 Å². The molecule has 0 heterocycles. The van der Waals surface area contributed by atoms with Crippen LogP contribution in [0.15, 0.2) is 205 Å². The second-order valence-electron chi connectivity index (χ2n) is 20.3. The number of allylic oxidation sites excluding steroid dienone is 2. The van der Waals surface area contributed by atoms with Gasteiger partial charge in [-0.25, -0.2) is 0 Å². The van der Waals surface area contributed by atoms with Crippen molar-refractivity contribution >= 4 is 78.2 Å². The van der Waals surface area contributed by atoms with Gasteiger partial charge in [0.1, 0.15) is 0 Å². The number of hydrogen-bond donors (Lipinski definition) is 0. The van der Waals surface area contributed by atoms with Gasteiger partial charge in [-0.3, -0.25) is 0 Å². The Morgan fingerprint density at radius 2 is 0.643 bits per heavy atom. The fraction of sp³-hybridized carbons (Fsp3) is 0.152. The van der Waals surface area contributed by atoms with Crippen LogP contribution >= 0.6 is 17.0 Å². The predicted octanol–water partition coefficient (Wildman–Crippen LogP) is 20.1. The summed E-state index contributed by atoms with van der Waals surface area (Å²) in [4.78, 5) is 0. The molecule has 70 heavy (non-hydrogen) atoms. The first-order valence-electron chi connectivity index (χ1n) is 25.4. The molecule has 2 aliphatic rings. The molecule has 2 aliphatic carbocycles. The maximum atomic E-state index is 9.56. The zero-order chi connectivity index (χ0) is 47.8. The Kier molecular flexibility index (Phi) is 11.7. The quantitative estimate of drug-likeness (QED) is 0.113. The molecule has 10 aromatic carbocycles. The summed E-state index contributed by atoms with van der Waals surface area (Å²) >= 11 is -5.52. The van der Waals surface area contributed by atoms with Crippen molar-refractivity contribution in [3.63, 3.8) is 0 Å². The normalized spacial score (nSPS) is 16.1. The average Bonchev–Trinajstić information content (AvgIpc) is 3.99. The molecule has 0 aliphatic heterocycles. The van der Waals surface area contributed by atoms with Gasteiger partial charge in [-0.15, -0.1) is 0 Å². The molecule has 10 aromatic rings. The Labute approximate surface area is 422 Å². The van der Waals surface area contributed by atoms with Gasteiger partial charge < -0.3 is 0 Å². The van der Waals surface area contributed by atoms with Crippen LogP contribution in [0.2, 0.25) is 13.1 Å². The van der Waals surface area contributed by atoms with Crippen molar-refractivity contribution in [2.45, 2.75) is 59.9 Å². The van der Waals surface area contributed by atoms with Crippen LogP contribution in [0.25, 0.3) is 99.7 Å². The molecule has 12 rings (SSSR count). The molecular formula is C66H57Cl2SiZr. The second-order valence-corrected chi connectivity index (χ2v) is 62.8. The van der Waals surface area contributed by atoms with Crippen molar-refractivity contribution in [1.82, 2.24) is 0 Å². The molecule has 0 radical (unpaired) electrons. The van der Waals surface area contributed by atoms with Crippen molar-refractivity contribution < 1.29 is 15.6 Å². The standard InChI is InChI=1S/2C32H25.C2H7Si.2ClH.Zr/c2*1-2-9-22-20-31-29(27-16-7-12-23-10-3-5-14-25(23)27)18-19-30(32(31)21-22)28-17-8-13-24-11-4-6-15-26(24)28;1-3-2;;;/h2*3-8,10-21H,2,9H2,1H3;3H,1-2H3;2*1H;/q;;;;;+2/p-2. The first-order chi connectivity index (χ1) is 34.2. The SMILES string of the molecule is CCCC1=Cc2c(-c3cccc4ccccc34)ccc(-c3cccc4ccccc34)c2[CH]1[Zr]([Cl])([Cl])([CH]1C(CCC)=Cc2c(-c3cccc4ccccc34)ccc(-c3cccc4ccccc34)c21)[SiH](C)C. The van der Waals surface area contributed by atoms with E-state index in [1.54, 1.807) is 0 Å². The van der Waals surface area contributed by atoms with Crippen LogP contribution in [0, 0.1) is 0 Å². The molecule has 2 atom stereocenters. The van der Waals surface area contributed by atoms with Crippen LogP contribution in [0.4, 0.5) is 0 Å². The van der Waals surface area contributed by atoms with Gasteiger partial charge in [0.2, 0.25) is 0 Å². The van der Waals surface area contributed by atoms with E-state index in [4.69, 9.17) is 0 Å². The molecule has 0 amide bonds. The van der Waals surface area contributed by atoms with E-state index in [1.165, 1.54) is 121 Å². The van der Waals surface area contributed by atoms with Crippen molar-refractivity contribution in [3.8, 4) is 44.5 Å². The van der Waals surface area contributed by atoms with Gasteiger partial charge in [0.25, 0.3) is 0 Å². The first-order valence-corrected chi connectivity index (χ1v) is 41.7. The molecule has 4 heteroatoms. The summed E-state index contributed by atoms with van der Waals surface area (Å²) < 4.78 is -0.207. The Morgan fingerprint density at radius 1 is 0.357 bits per heavy atom. The predicted molar refractivity (Wildman–Crippen MR) is 306 cm³/mol. The van der Waals surface area contributed by atoms with E-state index in [-0.39, 0.29) is 7.25 Å². The van der Waals surface area contributed by atoms with Gasteiger partial charge >= 0.3 is 426 Å². The molecule has 0 saturated carbocycles. The van der Waals surface area contributed by atoms with Crippen molar-refractivity contribution in [2.24, 2.45) is 0 Å². The van der Waals surface area contributed by atoms with Gasteiger partial charge in [-0.1, -0.05) is 0 Å². The van der Waals surface area contributed by atoms with Gasteiger partial charge in [0, 0.05) is 0 Å². The summed E-state index contributed by atoms with van der Waals surface area (Å²) in [6.45, 7) is 9.71. The summed E-state index contributed by atoms with van der Waals surface area (Å²) in [6, 6.07) is 72.3. The Bertz CT molecular complexity index is 3540. The Morgan fingerprint density at radius 3 is 0.957 bits per heavy atom. The van der Waals surface area contributed by atoms with Crippen molar-refractivity contribution in [2.75, 3.05) is 0 Å². The van der Waals surface area contributed by atoms with E-state index in [0.717, 1.165) is 25.7 Å². The van der Waals surface area contributed by atoms with E-state index < -0.39 is 21.5 Å². The zero-order valence-electron chi connectivity index (χ0n) is 40.4. The van der Waals surface area contributed by atoms with Crippen LogP contribution in [0.5, 0.6) is 0 Å². The van der Waals surface area contributed by atoms with E-state index in [0.29, 0.717) is 0 Å². The number of benzene rings is 10. The zero-order valence-corrected chi connectivity index (χ0v) is 45.6. The van der Waals surface area contributed by atoms with E-state index in [9.17, 15) is 17.0 Å². The van der Waals surface area contributed by atoms with E-state index in [1.807, 2.05) is 0 Å². The summed E-state index contributed by atoms with van der Waals surface area (Å²) in [5.74, 6) is -2.00. The van der Waals surface area contributed by atoms with Gasteiger partial charge in [-0.05, 0) is 0 Å². The average molecular weight is 1040 g/mol. The Balaban J connectivity index is 1.21. The topological polar surface area (TPSA) is 0 Å². The molecule has 343 valence electrons. The molecule has 0 bridgehead atoms. The number of hydrogen-bond acceptors (Lipinski definition) is 0. The van der Waals surface area contributed by atoms with Crippen molar-refractivity contribution in [3.05, 3.63) is 228 Å². The third-order valence-electron chi connectivity index (χ3n) is 16.2. The summed E-state index contributed by atoms with van der Waals surface area (Å²) in [7, 11) is 19.1. The molecule has 2 unspecified atom stereocenters. The van der Waals surface area contributed by atoms with Crippen LogP contribution in [0.3, 0.4) is 0 Å². The number of fused-ring (bicyclic) bond motifs is 6. The molecule has 0 spiro atoms. The van der Waals surface area contributed by atoms with E-state index >= 15 is 0 Å². The third-order valence-corrected chi connectivity index (χ3v) is 67.9. The van der Waals surface area contributed by atoms with Crippen molar-refractivity contribution in [1.29, 1.82) is 0 Å². The molecule has 0 saturated heterocycles. The maximum absolute atomic E-state index is 9.56. The summed E-state index contributed by atoms with van der Waals surface area (Å²) in [5, 5.41) is 9.99. The van der Waals surface area contributed by atoms with Crippen LogP contribution in [0.1, 0.15) is 69.0 Å². The summed E-state index contributed by atoms with van der Waals surface area (Å²) in [5.41, 5.74) is 18.2. The second kappa shape index (κ2) is 17.9. The minimum absolute atomic E-state index is 0.104. The van der Waals surface area contributed by atoms with Crippen LogP contribution < -0.4 is 0 Å². The van der Waals surface area contributed by atoms with Crippen LogP contribution in [-0.2, 0) is 15.6 Å². The molecular weight excluding hydrogens is 983 g/mol. The van der Waals surface area contributed by atoms with E-state index in [2.05, 4.69) is 233 Å². The molecule has 0 N–H and O–H groups in total. The van der Waals surface area contributed by atoms with Gasteiger partial charge in [0.05, 0.1) is 0 Å². The van der Waals surface area contributed by atoms with Gasteiger partial charge in [0.15, 0.2) is 0 Å². The minimum atomic E-state index is -5.52. The molecule has 0 aromatic heterocycles. The summed E-state index contributed by atoms with van der Waals surface area (Å²) in [6.07, 6.45) is 9.06. The number of halogens is 2. The molecule has 0 nitrogen and oxygen atoms in total.